The van der Waals surface area contributed by atoms with E-state index in [-0.39, 0.29) is 0 Å². The number of hydrogen-bond acceptors (Lipinski definition) is 4. The topological polar surface area (TPSA) is 31.9 Å². The average Bonchev–Trinajstić information content (AvgIpc) is 2.50. The largest absolute Gasteiger partial charge is 0.346 e. The van der Waals surface area contributed by atoms with E-state index in [4.69, 9.17) is 12.2 Å². The van der Waals surface area contributed by atoms with Crippen molar-refractivity contribution in [3.63, 3.8) is 0 Å². The molecule has 0 saturated carbocycles. The molecule has 0 spiro atoms. The fourth-order valence-corrected chi connectivity index (χ4v) is 3.07. The van der Waals surface area contributed by atoms with Crippen LogP contribution >= 0.6 is 23.6 Å². The van der Waals surface area contributed by atoms with E-state index in [0.717, 1.165) is 34.0 Å². The van der Waals surface area contributed by atoms with Crippen LogP contribution in [0.4, 0.5) is 5.13 Å². The number of H-pyrrole nitrogens is 1. The van der Waals surface area contributed by atoms with Crippen molar-refractivity contribution in [3.05, 3.63) is 3.95 Å². The van der Waals surface area contributed by atoms with E-state index in [1.54, 1.807) is 11.3 Å². The predicted octanol–water partition coefficient (Wildman–Crippen LogP) is 2.68. The highest BCUT2D eigenvalue weighted by molar-refractivity contribution is 7.73. The second-order valence-corrected chi connectivity index (χ2v) is 5.89. The summed E-state index contributed by atoms with van der Waals surface area (Å²) in [4.78, 5) is 2.34. The third-order valence-electron chi connectivity index (χ3n) is 2.57. The molecule has 1 fully saturated rings. The van der Waals surface area contributed by atoms with E-state index < -0.39 is 0 Å². The zero-order valence-electron chi connectivity index (χ0n) is 8.49. The maximum absolute atomic E-state index is 5.03. The van der Waals surface area contributed by atoms with Gasteiger partial charge in [0.1, 0.15) is 0 Å². The molecule has 1 aromatic heterocycles. The van der Waals surface area contributed by atoms with Crippen molar-refractivity contribution in [1.29, 1.82) is 0 Å². The van der Waals surface area contributed by atoms with Crippen LogP contribution in [0.5, 0.6) is 0 Å². The standard InChI is InChI=1S/C9H15N3S2/c1-6-3-7(2)5-12(4-6)8-10-11-9(13)14-8/h6-7H,3-5H2,1-2H3,(H,11,13). The Labute approximate surface area is 93.1 Å². The van der Waals surface area contributed by atoms with Gasteiger partial charge in [-0.05, 0) is 30.5 Å². The van der Waals surface area contributed by atoms with Crippen molar-refractivity contribution in [2.75, 3.05) is 18.0 Å². The summed E-state index contributed by atoms with van der Waals surface area (Å²) in [5.74, 6) is 1.52. The molecular weight excluding hydrogens is 214 g/mol. The van der Waals surface area contributed by atoms with Gasteiger partial charge in [-0.15, -0.1) is 5.10 Å². The smallest absolute Gasteiger partial charge is 0.206 e. The van der Waals surface area contributed by atoms with E-state index >= 15 is 0 Å². The molecule has 0 bridgehead atoms. The van der Waals surface area contributed by atoms with Gasteiger partial charge in [0.05, 0.1) is 0 Å². The number of aromatic nitrogens is 2. The lowest BCUT2D eigenvalue weighted by molar-refractivity contribution is 0.356. The number of rotatable bonds is 1. The van der Waals surface area contributed by atoms with Gasteiger partial charge in [0.15, 0.2) is 3.95 Å². The first-order valence-electron chi connectivity index (χ1n) is 4.95. The molecule has 1 aromatic rings. The van der Waals surface area contributed by atoms with Gasteiger partial charge in [-0.3, -0.25) is 5.10 Å². The SMILES string of the molecule is CC1CC(C)CN(c2n[nH]c(=S)s2)C1. The molecule has 0 aliphatic carbocycles. The molecule has 1 aliphatic heterocycles. The highest BCUT2D eigenvalue weighted by atomic mass is 32.1. The summed E-state index contributed by atoms with van der Waals surface area (Å²) in [6.45, 7) is 6.82. The normalized spacial score (nSPS) is 28.0. The first-order valence-corrected chi connectivity index (χ1v) is 6.18. The Bertz CT molecular complexity index is 347. The molecule has 0 amide bonds. The summed E-state index contributed by atoms with van der Waals surface area (Å²) in [5.41, 5.74) is 0. The molecule has 2 atom stereocenters. The Morgan fingerprint density at radius 2 is 2.07 bits per heavy atom. The molecule has 0 aromatic carbocycles. The van der Waals surface area contributed by atoms with E-state index in [2.05, 4.69) is 28.9 Å². The van der Waals surface area contributed by atoms with Crippen LogP contribution in [0.15, 0.2) is 0 Å². The second-order valence-electron chi connectivity index (χ2n) is 4.25. The molecule has 5 heteroatoms. The quantitative estimate of drug-likeness (QED) is 0.751. The average molecular weight is 229 g/mol. The zero-order chi connectivity index (χ0) is 10.1. The number of piperidine rings is 1. The zero-order valence-corrected chi connectivity index (χ0v) is 10.1. The molecule has 1 aliphatic rings. The van der Waals surface area contributed by atoms with Gasteiger partial charge in [-0.2, -0.15) is 0 Å². The number of anilines is 1. The molecule has 1 N–H and O–H groups in total. The fourth-order valence-electron chi connectivity index (χ4n) is 2.18. The van der Waals surface area contributed by atoms with Gasteiger partial charge in [-0.1, -0.05) is 25.2 Å². The van der Waals surface area contributed by atoms with Crippen LogP contribution in [0.25, 0.3) is 0 Å². The Kier molecular flexibility index (Phi) is 2.88. The molecule has 78 valence electrons. The van der Waals surface area contributed by atoms with Gasteiger partial charge < -0.3 is 4.90 Å². The van der Waals surface area contributed by atoms with Crippen LogP contribution in [0.3, 0.4) is 0 Å². The molecular formula is C9H15N3S2. The van der Waals surface area contributed by atoms with Crippen molar-refractivity contribution in [2.45, 2.75) is 20.3 Å². The van der Waals surface area contributed by atoms with Gasteiger partial charge in [-0.25, -0.2) is 0 Å². The van der Waals surface area contributed by atoms with Crippen molar-refractivity contribution in [3.8, 4) is 0 Å². The highest BCUT2D eigenvalue weighted by Gasteiger charge is 2.23. The Morgan fingerprint density at radius 1 is 1.43 bits per heavy atom. The summed E-state index contributed by atoms with van der Waals surface area (Å²) in [6, 6.07) is 0. The van der Waals surface area contributed by atoms with E-state index in [0.29, 0.717) is 0 Å². The van der Waals surface area contributed by atoms with Crippen LogP contribution in [0.2, 0.25) is 0 Å². The number of aromatic amines is 1. The summed E-state index contributed by atoms with van der Waals surface area (Å²) >= 11 is 6.61. The first kappa shape index (κ1) is 10.1. The molecule has 3 nitrogen and oxygen atoms in total. The molecule has 0 radical (unpaired) electrons. The van der Waals surface area contributed by atoms with Gasteiger partial charge in [0, 0.05) is 13.1 Å². The van der Waals surface area contributed by atoms with E-state index in [1.807, 2.05) is 0 Å². The Hall–Kier alpha value is -0.420. The van der Waals surface area contributed by atoms with E-state index in [1.165, 1.54) is 6.42 Å². The molecule has 2 heterocycles. The second kappa shape index (κ2) is 3.98. The van der Waals surface area contributed by atoms with Crippen molar-refractivity contribution in [1.82, 2.24) is 10.2 Å². The van der Waals surface area contributed by atoms with Gasteiger partial charge >= 0.3 is 0 Å². The highest BCUT2D eigenvalue weighted by Crippen LogP contribution is 2.27. The third kappa shape index (κ3) is 2.15. The summed E-state index contributed by atoms with van der Waals surface area (Å²) in [6.07, 6.45) is 1.33. The van der Waals surface area contributed by atoms with E-state index in [9.17, 15) is 0 Å². The lowest BCUT2D eigenvalue weighted by atomic mass is 9.92. The van der Waals surface area contributed by atoms with Crippen LogP contribution in [0.1, 0.15) is 20.3 Å². The third-order valence-corrected chi connectivity index (χ3v) is 3.72. The lowest BCUT2D eigenvalue weighted by Crippen LogP contribution is -2.38. The molecule has 1 saturated heterocycles. The van der Waals surface area contributed by atoms with Crippen LogP contribution in [-0.4, -0.2) is 23.3 Å². The van der Waals surface area contributed by atoms with Crippen LogP contribution in [-0.2, 0) is 0 Å². The van der Waals surface area contributed by atoms with Crippen LogP contribution < -0.4 is 4.90 Å². The van der Waals surface area contributed by atoms with Crippen molar-refractivity contribution < 1.29 is 0 Å². The minimum Gasteiger partial charge on any atom is -0.346 e. The first-order chi connectivity index (χ1) is 6.65. The number of nitrogens with one attached hydrogen (secondary N) is 1. The van der Waals surface area contributed by atoms with Gasteiger partial charge in [0.2, 0.25) is 5.13 Å². The molecule has 2 rings (SSSR count). The predicted molar refractivity (Wildman–Crippen MR) is 62.5 cm³/mol. The number of nitrogens with zero attached hydrogens (tertiary/aromatic N) is 2. The van der Waals surface area contributed by atoms with Crippen molar-refractivity contribution in [2.24, 2.45) is 11.8 Å². The maximum Gasteiger partial charge on any atom is 0.206 e. The van der Waals surface area contributed by atoms with Crippen LogP contribution in [0, 0.1) is 15.8 Å². The number of hydrogen-bond donors (Lipinski definition) is 1. The Balaban J connectivity index is 2.14. The van der Waals surface area contributed by atoms with Crippen molar-refractivity contribution >= 4 is 28.7 Å². The Morgan fingerprint density at radius 3 is 2.57 bits per heavy atom. The summed E-state index contributed by atoms with van der Waals surface area (Å²) in [7, 11) is 0. The van der Waals surface area contributed by atoms with Gasteiger partial charge in [0.25, 0.3) is 0 Å². The molecule has 2 unspecified atom stereocenters. The summed E-state index contributed by atoms with van der Waals surface area (Å²) in [5, 5.41) is 8.11. The lowest BCUT2D eigenvalue weighted by Gasteiger charge is -2.34. The minimum atomic E-state index is 0.760. The molecule has 14 heavy (non-hydrogen) atoms. The summed E-state index contributed by atoms with van der Waals surface area (Å²) < 4.78 is 0.769. The monoisotopic (exact) mass is 229 g/mol. The fraction of sp³-hybridized carbons (Fsp3) is 0.778. The maximum atomic E-state index is 5.03. The minimum absolute atomic E-state index is 0.760.